The number of fused-ring (bicyclic) bond motifs is 3. The second-order valence-electron chi connectivity index (χ2n) is 17.8. The molecule has 1 fully saturated rings. The summed E-state index contributed by atoms with van der Waals surface area (Å²) in [4.78, 5) is 26.7. The molecule has 6 rings (SSSR count). The van der Waals surface area contributed by atoms with Crippen LogP contribution in [-0.2, 0) is 40.6 Å². The van der Waals surface area contributed by atoms with Crippen molar-refractivity contribution in [2.24, 2.45) is 17.8 Å². The van der Waals surface area contributed by atoms with E-state index in [1.54, 1.807) is 12.1 Å². The van der Waals surface area contributed by atoms with Gasteiger partial charge in [-0.05, 0) is 119 Å². The van der Waals surface area contributed by atoms with Gasteiger partial charge in [-0.1, -0.05) is 50.1 Å². The molecule has 0 radical (unpaired) electrons. The lowest BCUT2D eigenvalue weighted by Gasteiger charge is -2.27. The summed E-state index contributed by atoms with van der Waals surface area (Å²) >= 11 is 0. The van der Waals surface area contributed by atoms with E-state index in [2.05, 4.69) is 28.5 Å². The largest absolute Gasteiger partial charge is 0.449 e. The molecule has 3 atom stereocenters. The number of allylic oxidation sites excluding steroid dienone is 8. The van der Waals surface area contributed by atoms with Gasteiger partial charge in [-0.3, -0.25) is 13.9 Å². The van der Waals surface area contributed by atoms with Crippen LogP contribution in [0.2, 0.25) is 0 Å². The van der Waals surface area contributed by atoms with Crippen LogP contribution in [0.25, 0.3) is 0 Å². The van der Waals surface area contributed by atoms with Gasteiger partial charge in [-0.2, -0.15) is 21.4 Å². The lowest BCUT2D eigenvalue weighted by atomic mass is 9.81. The zero-order chi connectivity index (χ0) is 44.3. The number of ether oxygens (including phenoxy) is 1. The quantitative estimate of drug-likeness (QED) is 0.0428. The molecule has 2 aliphatic carbocycles. The molecule has 0 bridgehead atoms. The fourth-order valence-corrected chi connectivity index (χ4v) is 10.5. The van der Waals surface area contributed by atoms with Crippen LogP contribution in [0.15, 0.2) is 93.9 Å². The highest BCUT2D eigenvalue weighted by Gasteiger charge is 2.49. The van der Waals surface area contributed by atoms with E-state index in [1.807, 2.05) is 69.7 Å². The van der Waals surface area contributed by atoms with Crippen LogP contribution in [0.3, 0.4) is 0 Å². The number of nitrogens with zero attached hydrogens (tertiary/aromatic N) is 2. The molecular weight excluding hydrogens is 817 g/mol. The molecule has 13 nitrogen and oxygen atoms in total. The van der Waals surface area contributed by atoms with Gasteiger partial charge >= 0.3 is 6.09 Å². The standard InChI is InChI=1S/C46H60N4O9S2/c1-31-14-13-15-34-35(22-19-31)36(34)30-59-44(52)48-26-25-47-43(51)18-11-8-12-27-50-40-24-21-33(61(56,57)58)29-38(40)46(4,5)42(50)17-10-7-9-16-41-45(2,3)37-28-32(60(53,54)55)20-23-39(37)49(41)6/h7,9-10,14,16-17,20-21,23-24,28-29,34-36H,8,11-13,15,18-19,22,25-27,30H2,1-6H3,(H3-,47,48,51,52,53,54,55,56,57,58)/p+1/b31-14-. The summed E-state index contributed by atoms with van der Waals surface area (Å²) in [6, 6.07) is 9.26. The molecular formula is C46H61N4O9S2+. The minimum atomic E-state index is -4.42. The Labute approximate surface area is 361 Å². The molecule has 1 saturated carbocycles. The Morgan fingerprint density at radius 1 is 0.869 bits per heavy atom. The van der Waals surface area contributed by atoms with Gasteiger partial charge < -0.3 is 20.3 Å². The highest BCUT2D eigenvalue weighted by Crippen LogP contribution is 2.53. The number of unbranched alkanes of at least 4 members (excludes halogenated alkanes) is 2. The molecule has 330 valence electrons. The lowest BCUT2D eigenvalue weighted by Crippen LogP contribution is -2.35. The van der Waals surface area contributed by atoms with Crippen molar-refractivity contribution >= 4 is 49.3 Å². The highest BCUT2D eigenvalue weighted by atomic mass is 32.2. The van der Waals surface area contributed by atoms with Crippen LogP contribution in [-0.4, -0.2) is 81.5 Å². The first-order valence-electron chi connectivity index (χ1n) is 21.2. The summed E-state index contributed by atoms with van der Waals surface area (Å²) in [6.45, 7) is 11.9. The normalized spacial score (nSPS) is 23.3. The smallest absolute Gasteiger partial charge is 0.407 e. The molecule has 15 heteroatoms. The van der Waals surface area contributed by atoms with Crippen LogP contribution in [0, 0.1) is 17.8 Å². The maximum Gasteiger partial charge on any atom is 0.407 e. The molecule has 3 unspecified atom stereocenters. The summed E-state index contributed by atoms with van der Waals surface area (Å²) < 4.78 is 74.8. The molecule has 2 aliphatic heterocycles. The molecule has 0 spiro atoms. The Hall–Kier alpha value is -4.57. The van der Waals surface area contributed by atoms with Gasteiger partial charge in [0.05, 0.1) is 21.8 Å². The summed E-state index contributed by atoms with van der Waals surface area (Å²) in [5.74, 6) is 1.67. The number of benzene rings is 2. The van der Waals surface area contributed by atoms with Gasteiger partial charge in [0, 0.05) is 60.6 Å². The number of anilines is 1. The summed E-state index contributed by atoms with van der Waals surface area (Å²) in [7, 11) is -6.86. The first-order valence-corrected chi connectivity index (χ1v) is 24.1. The van der Waals surface area contributed by atoms with Gasteiger partial charge in [0.25, 0.3) is 20.2 Å². The molecule has 2 aromatic carbocycles. The molecule has 61 heavy (non-hydrogen) atoms. The van der Waals surface area contributed by atoms with Crippen molar-refractivity contribution in [1.82, 2.24) is 10.6 Å². The predicted molar refractivity (Wildman–Crippen MR) is 237 cm³/mol. The molecule has 2 heterocycles. The third kappa shape index (κ3) is 10.6. The number of hydrogen-bond acceptors (Lipinski definition) is 8. The third-order valence-corrected chi connectivity index (χ3v) is 14.7. The number of amides is 2. The van der Waals surface area contributed by atoms with Crippen LogP contribution in [0.4, 0.5) is 16.2 Å². The van der Waals surface area contributed by atoms with Crippen molar-refractivity contribution in [2.75, 3.05) is 38.2 Å². The topological polar surface area (TPSA) is 182 Å². The minimum absolute atomic E-state index is 0.0884. The van der Waals surface area contributed by atoms with Crippen molar-refractivity contribution in [3.05, 3.63) is 95.3 Å². The van der Waals surface area contributed by atoms with Crippen LogP contribution in [0.1, 0.15) is 97.1 Å². The maximum absolute atomic E-state index is 12.6. The first-order chi connectivity index (χ1) is 28.7. The summed E-state index contributed by atoms with van der Waals surface area (Å²) in [5.41, 5.74) is 5.43. The second-order valence-corrected chi connectivity index (χ2v) is 20.6. The van der Waals surface area contributed by atoms with Gasteiger partial charge in [-0.25, -0.2) is 4.79 Å². The van der Waals surface area contributed by atoms with E-state index in [1.165, 1.54) is 36.3 Å². The average molecular weight is 878 g/mol. The number of hydrogen-bond donors (Lipinski definition) is 4. The molecule has 2 aromatic rings. The predicted octanol–water partition coefficient (Wildman–Crippen LogP) is 7.77. The zero-order valence-corrected chi connectivity index (χ0v) is 37.7. The summed E-state index contributed by atoms with van der Waals surface area (Å²) in [6.07, 6.45) is 18.7. The van der Waals surface area contributed by atoms with E-state index >= 15 is 0 Å². The highest BCUT2D eigenvalue weighted by molar-refractivity contribution is 7.86. The van der Waals surface area contributed by atoms with Gasteiger partial charge in [0.2, 0.25) is 11.6 Å². The number of rotatable bonds is 16. The minimum Gasteiger partial charge on any atom is -0.449 e. The van der Waals surface area contributed by atoms with Gasteiger partial charge in [0.15, 0.2) is 5.71 Å². The van der Waals surface area contributed by atoms with Gasteiger partial charge in [-0.15, -0.1) is 0 Å². The number of alkyl carbamates (subject to hydrolysis) is 1. The number of nitrogens with one attached hydrogen (secondary N) is 2. The Kier molecular flexibility index (Phi) is 13.9. The van der Waals surface area contributed by atoms with E-state index in [0.717, 1.165) is 66.0 Å². The van der Waals surface area contributed by atoms with E-state index < -0.39 is 37.2 Å². The number of carbonyl (C=O) groups is 2. The second kappa shape index (κ2) is 18.4. The average Bonchev–Trinajstić information content (AvgIpc) is 3.73. The van der Waals surface area contributed by atoms with Crippen molar-refractivity contribution < 1.29 is 44.8 Å². The van der Waals surface area contributed by atoms with E-state index in [9.17, 15) is 35.5 Å². The van der Waals surface area contributed by atoms with Crippen LogP contribution < -0.4 is 15.5 Å². The Morgan fingerprint density at radius 3 is 2.26 bits per heavy atom. The summed E-state index contributed by atoms with van der Waals surface area (Å²) in [5, 5.41) is 5.61. The van der Waals surface area contributed by atoms with Crippen LogP contribution in [0.5, 0.6) is 0 Å². The van der Waals surface area contributed by atoms with E-state index in [-0.39, 0.29) is 22.2 Å². The fraction of sp³-hybridized carbons (Fsp3) is 0.500. The Bertz CT molecular complexity index is 2410. The Balaban J connectivity index is 1.00. The van der Waals surface area contributed by atoms with E-state index in [0.29, 0.717) is 50.3 Å². The van der Waals surface area contributed by atoms with Crippen molar-refractivity contribution in [2.45, 2.75) is 107 Å². The molecule has 0 saturated heterocycles. The molecule has 2 amide bonds. The van der Waals surface area contributed by atoms with Crippen molar-refractivity contribution in [3.63, 3.8) is 0 Å². The molecule has 4 N–H and O–H groups in total. The van der Waals surface area contributed by atoms with Crippen molar-refractivity contribution in [3.8, 4) is 0 Å². The van der Waals surface area contributed by atoms with Gasteiger partial charge in [0.1, 0.15) is 7.05 Å². The molecule has 4 aliphatic rings. The fourth-order valence-electron chi connectivity index (χ4n) is 9.45. The maximum atomic E-state index is 12.6. The van der Waals surface area contributed by atoms with E-state index in [4.69, 9.17) is 4.74 Å². The first kappa shape index (κ1) is 45.9. The lowest BCUT2D eigenvalue weighted by molar-refractivity contribution is -0.401. The monoisotopic (exact) mass is 877 g/mol. The third-order valence-electron chi connectivity index (χ3n) is 13.0. The zero-order valence-electron chi connectivity index (χ0n) is 36.1. The Morgan fingerprint density at radius 2 is 1.54 bits per heavy atom. The number of carbonyl (C=O) groups excluding carboxylic acids is 2. The SMILES string of the molecule is C/C1=C/CCC2C(CC1)C2COC(=O)NCCNC(=O)CCCCCN1C(=CC=CC=CC2=[N+](C)c3ccc(S(=O)(=O)O)cc3C2(C)C)C(C)(C)c2cc(S(=O)(=O)O)ccc21. The molecule has 0 aromatic heterocycles. The van der Waals surface area contributed by atoms with Crippen LogP contribution >= 0.6 is 0 Å². The van der Waals surface area contributed by atoms with Crippen molar-refractivity contribution in [1.29, 1.82) is 0 Å².